The van der Waals surface area contributed by atoms with Crippen LogP contribution in [0.5, 0.6) is 0 Å². The first-order valence-electron chi connectivity index (χ1n) is 8.95. The summed E-state index contributed by atoms with van der Waals surface area (Å²) in [4.78, 5) is 0. The third-order valence-electron chi connectivity index (χ3n) is 5.11. The summed E-state index contributed by atoms with van der Waals surface area (Å²) < 4.78 is 0. The van der Waals surface area contributed by atoms with E-state index in [2.05, 4.69) is 57.3 Å². The molecule has 1 saturated carbocycles. The van der Waals surface area contributed by atoms with E-state index in [9.17, 15) is 0 Å². The summed E-state index contributed by atoms with van der Waals surface area (Å²) in [6, 6.07) is 9.93. The molecule has 21 heavy (non-hydrogen) atoms. The van der Waals surface area contributed by atoms with Gasteiger partial charge < -0.3 is 5.32 Å². The van der Waals surface area contributed by atoms with Crippen LogP contribution in [0.4, 0.5) is 0 Å². The first-order chi connectivity index (χ1) is 10.1. The van der Waals surface area contributed by atoms with Crippen LogP contribution >= 0.6 is 0 Å². The predicted molar refractivity (Wildman–Crippen MR) is 92.7 cm³/mol. The van der Waals surface area contributed by atoms with E-state index in [4.69, 9.17) is 0 Å². The van der Waals surface area contributed by atoms with Crippen molar-refractivity contribution >= 4 is 0 Å². The first kappa shape index (κ1) is 16.5. The van der Waals surface area contributed by atoms with Crippen LogP contribution in [-0.4, -0.2) is 6.54 Å². The van der Waals surface area contributed by atoms with Gasteiger partial charge >= 0.3 is 0 Å². The summed E-state index contributed by atoms with van der Waals surface area (Å²) in [5.41, 5.74) is 2.94. The molecule has 0 spiro atoms. The van der Waals surface area contributed by atoms with Gasteiger partial charge in [0.1, 0.15) is 0 Å². The summed E-state index contributed by atoms with van der Waals surface area (Å²) >= 11 is 0. The summed E-state index contributed by atoms with van der Waals surface area (Å²) in [5, 5.41) is 3.82. The lowest BCUT2D eigenvalue weighted by atomic mass is 9.77. The van der Waals surface area contributed by atoms with Crippen molar-refractivity contribution < 1.29 is 0 Å². The maximum Gasteiger partial charge on any atom is 0.0348 e. The summed E-state index contributed by atoms with van der Waals surface area (Å²) in [7, 11) is 0. The Balaban J connectivity index is 2.11. The molecule has 1 atom stereocenters. The van der Waals surface area contributed by atoms with Crippen molar-refractivity contribution in [3.05, 3.63) is 35.4 Å². The fourth-order valence-electron chi connectivity index (χ4n) is 3.56. The molecule has 118 valence electrons. The van der Waals surface area contributed by atoms with Crippen LogP contribution in [0.2, 0.25) is 0 Å². The number of rotatable bonds is 6. The van der Waals surface area contributed by atoms with E-state index in [1.54, 1.807) is 0 Å². The van der Waals surface area contributed by atoms with Crippen molar-refractivity contribution in [1.29, 1.82) is 0 Å². The van der Waals surface area contributed by atoms with E-state index in [0.717, 1.165) is 18.4 Å². The molecule has 1 heteroatoms. The fourth-order valence-corrected chi connectivity index (χ4v) is 3.56. The molecular weight excluding hydrogens is 254 g/mol. The number of benzene rings is 1. The third kappa shape index (κ3) is 4.57. The zero-order valence-corrected chi connectivity index (χ0v) is 14.4. The highest BCUT2D eigenvalue weighted by Crippen LogP contribution is 2.37. The van der Waals surface area contributed by atoms with Crippen molar-refractivity contribution in [1.82, 2.24) is 5.32 Å². The highest BCUT2D eigenvalue weighted by Gasteiger charge is 2.26. The lowest BCUT2D eigenvalue weighted by molar-refractivity contribution is 0.231. The molecular formula is C20H33N. The average molecular weight is 287 g/mol. The Morgan fingerprint density at radius 2 is 1.57 bits per heavy atom. The summed E-state index contributed by atoms with van der Waals surface area (Å²) in [6.07, 6.45) is 6.78. The SMILES string of the molecule is CCCNC(c1ccc(C(C)C)cc1)C1CCC(C)CC1. The monoisotopic (exact) mass is 287 g/mol. The molecule has 0 bridgehead atoms. The Morgan fingerprint density at radius 1 is 1.00 bits per heavy atom. The quantitative estimate of drug-likeness (QED) is 0.710. The van der Waals surface area contributed by atoms with E-state index < -0.39 is 0 Å². The van der Waals surface area contributed by atoms with E-state index >= 15 is 0 Å². The molecule has 0 amide bonds. The minimum absolute atomic E-state index is 0.554. The number of nitrogens with one attached hydrogen (secondary N) is 1. The lowest BCUT2D eigenvalue weighted by Gasteiger charge is -2.34. The van der Waals surface area contributed by atoms with Gasteiger partial charge in [0.15, 0.2) is 0 Å². The Kier molecular flexibility index (Phi) is 6.29. The molecule has 1 unspecified atom stereocenters. The third-order valence-corrected chi connectivity index (χ3v) is 5.11. The van der Waals surface area contributed by atoms with Gasteiger partial charge in [-0.3, -0.25) is 0 Å². The molecule has 1 aliphatic rings. The molecule has 1 aliphatic carbocycles. The molecule has 0 aromatic heterocycles. The van der Waals surface area contributed by atoms with Gasteiger partial charge in [0.2, 0.25) is 0 Å². The fraction of sp³-hybridized carbons (Fsp3) is 0.700. The van der Waals surface area contributed by atoms with Gasteiger partial charge in [-0.05, 0) is 54.7 Å². The van der Waals surface area contributed by atoms with Crippen LogP contribution in [0, 0.1) is 11.8 Å². The van der Waals surface area contributed by atoms with Crippen molar-refractivity contribution in [2.24, 2.45) is 11.8 Å². The second kappa shape index (κ2) is 7.98. The van der Waals surface area contributed by atoms with Gasteiger partial charge in [-0.15, -0.1) is 0 Å². The van der Waals surface area contributed by atoms with Gasteiger partial charge in [0.25, 0.3) is 0 Å². The second-order valence-corrected chi connectivity index (χ2v) is 7.27. The predicted octanol–water partition coefficient (Wildman–Crippen LogP) is 5.68. The molecule has 1 nitrogen and oxygen atoms in total. The maximum atomic E-state index is 3.82. The van der Waals surface area contributed by atoms with Crippen LogP contribution in [0.15, 0.2) is 24.3 Å². The summed E-state index contributed by atoms with van der Waals surface area (Å²) in [5.74, 6) is 2.37. The number of hydrogen-bond acceptors (Lipinski definition) is 1. The Hall–Kier alpha value is -0.820. The highest BCUT2D eigenvalue weighted by atomic mass is 14.9. The van der Waals surface area contributed by atoms with Gasteiger partial charge in [0.05, 0.1) is 0 Å². The Labute approximate surface area is 131 Å². The van der Waals surface area contributed by atoms with Crippen LogP contribution in [0.3, 0.4) is 0 Å². The smallest absolute Gasteiger partial charge is 0.0348 e. The highest BCUT2D eigenvalue weighted by molar-refractivity contribution is 5.27. The molecule has 1 fully saturated rings. The van der Waals surface area contributed by atoms with Crippen molar-refractivity contribution in [2.75, 3.05) is 6.54 Å². The molecule has 1 N–H and O–H groups in total. The van der Waals surface area contributed by atoms with Crippen LogP contribution < -0.4 is 5.32 Å². The number of hydrogen-bond donors (Lipinski definition) is 1. The van der Waals surface area contributed by atoms with Crippen molar-refractivity contribution in [3.63, 3.8) is 0 Å². The standard InChI is InChI=1S/C20H33N/c1-5-14-21-20(18-8-6-16(4)7-9-18)19-12-10-17(11-13-19)15(2)3/h10-13,15-16,18,20-21H,5-9,14H2,1-4H3. The van der Waals surface area contributed by atoms with Crippen LogP contribution in [-0.2, 0) is 0 Å². The van der Waals surface area contributed by atoms with Gasteiger partial charge in [-0.2, -0.15) is 0 Å². The zero-order valence-electron chi connectivity index (χ0n) is 14.4. The topological polar surface area (TPSA) is 12.0 Å². The van der Waals surface area contributed by atoms with Crippen LogP contribution in [0.1, 0.15) is 82.9 Å². The zero-order chi connectivity index (χ0) is 15.2. The lowest BCUT2D eigenvalue weighted by Crippen LogP contribution is -2.31. The largest absolute Gasteiger partial charge is 0.310 e. The van der Waals surface area contributed by atoms with Gasteiger partial charge in [0, 0.05) is 6.04 Å². The van der Waals surface area contributed by atoms with E-state index in [1.807, 2.05) is 0 Å². The molecule has 0 heterocycles. The van der Waals surface area contributed by atoms with E-state index in [1.165, 1.54) is 43.2 Å². The van der Waals surface area contributed by atoms with E-state index in [0.29, 0.717) is 12.0 Å². The van der Waals surface area contributed by atoms with Crippen LogP contribution in [0.25, 0.3) is 0 Å². The average Bonchev–Trinajstić information content (AvgIpc) is 2.50. The molecule has 1 aromatic rings. The second-order valence-electron chi connectivity index (χ2n) is 7.27. The minimum Gasteiger partial charge on any atom is -0.310 e. The van der Waals surface area contributed by atoms with E-state index in [-0.39, 0.29) is 0 Å². The van der Waals surface area contributed by atoms with Gasteiger partial charge in [-0.1, -0.05) is 64.8 Å². The molecule has 1 aromatic carbocycles. The molecule has 0 aliphatic heterocycles. The molecule has 0 saturated heterocycles. The minimum atomic E-state index is 0.554. The summed E-state index contributed by atoms with van der Waals surface area (Å²) in [6.45, 7) is 10.3. The Morgan fingerprint density at radius 3 is 2.10 bits per heavy atom. The maximum absolute atomic E-state index is 3.82. The van der Waals surface area contributed by atoms with Crippen molar-refractivity contribution in [3.8, 4) is 0 Å². The first-order valence-corrected chi connectivity index (χ1v) is 8.95. The van der Waals surface area contributed by atoms with Crippen molar-refractivity contribution in [2.45, 2.75) is 71.8 Å². The van der Waals surface area contributed by atoms with Gasteiger partial charge in [-0.25, -0.2) is 0 Å². The molecule has 2 rings (SSSR count). The Bertz CT molecular complexity index is 398. The normalized spacial score (nSPS) is 24.2. The molecule has 0 radical (unpaired) electrons.